The highest BCUT2D eigenvalue weighted by molar-refractivity contribution is 7.99. The van der Waals surface area contributed by atoms with E-state index in [0.29, 0.717) is 34.8 Å². The number of ether oxygens (including phenoxy) is 3. The molecule has 1 N–H and O–H groups in total. The Morgan fingerprint density at radius 2 is 1.76 bits per heavy atom. The summed E-state index contributed by atoms with van der Waals surface area (Å²) in [5, 5.41) is 13.3. The summed E-state index contributed by atoms with van der Waals surface area (Å²) < 4.78 is 18.5. The number of para-hydroxylation sites is 1. The van der Waals surface area contributed by atoms with Crippen LogP contribution in [0.15, 0.2) is 83.1 Å². The van der Waals surface area contributed by atoms with Gasteiger partial charge in [0.05, 0.1) is 26.2 Å². The van der Waals surface area contributed by atoms with Gasteiger partial charge in [0.2, 0.25) is 0 Å². The van der Waals surface area contributed by atoms with Gasteiger partial charge < -0.3 is 18.8 Å². The molecular formula is C27H27N5O4S. The SMILES string of the molecule is CCn1c(SCC(=O)N/N=C\c2cccc(Oc3ccccc3)c2)nnc1-c1ccc(OC)c(OC)c1. The van der Waals surface area contributed by atoms with Crippen molar-refractivity contribution in [3.63, 3.8) is 0 Å². The zero-order valence-electron chi connectivity index (χ0n) is 20.7. The third-order valence-corrected chi connectivity index (χ3v) is 6.21. The summed E-state index contributed by atoms with van der Waals surface area (Å²) >= 11 is 1.29. The highest BCUT2D eigenvalue weighted by atomic mass is 32.2. The van der Waals surface area contributed by atoms with Gasteiger partial charge in [0, 0.05) is 12.1 Å². The molecule has 0 radical (unpaired) electrons. The molecule has 0 aliphatic rings. The lowest BCUT2D eigenvalue weighted by molar-refractivity contribution is -0.118. The molecule has 9 nitrogen and oxygen atoms in total. The maximum atomic E-state index is 12.4. The number of hydrogen-bond acceptors (Lipinski definition) is 8. The molecule has 1 aromatic heterocycles. The number of hydrazone groups is 1. The first-order valence-corrected chi connectivity index (χ1v) is 12.5. The number of benzene rings is 3. The van der Waals surface area contributed by atoms with Gasteiger partial charge in [-0.05, 0) is 55.0 Å². The van der Waals surface area contributed by atoms with Crippen molar-refractivity contribution in [2.24, 2.45) is 5.10 Å². The minimum Gasteiger partial charge on any atom is -0.493 e. The summed E-state index contributed by atoms with van der Waals surface area (Å²) in [5.41, 5.74) is 4.19. The lowest BCUT2D eigenvalue weighted by Gasteiger charge is -2.10. The molecule has 10 heteroatoms. The lowest BCUT2D eigenvalue weighted by atomic mass is 10.2. The van der Waals surface area contributed by atoms with E-state index in [0.717, 1.165) is 16.9 Å². The zero-order valence-corrected chi connectivity index (χ0v) is 21.6. The second-order valence-corrected chi connectivity index (χ2v) is 8.63. The van der Waals surface area contributed by atoms with Crippen molar-refractivity contribution in [1.82, 2.24) is 20.2 Å². The molecule has 0 saturated heterocycles. The van der Waals surface area contributed by atoms with E-state index in [4.69, 9.17) is 14.2 Å². The van der Waals surface area contributed by atoms with Crippen molar-refractivity contribution >= 4 is 23.9 Å². The Kier molecular flexibility index (Phi) is 8.77. The maximum Gasteiger partial charge on any atom is 0.250 e. The lowest BCUT2D eigenvalue weighted by Crippen LogP contribution is -2.20. The minimum absolute atomic E-state index is 0.137. The number of rotatable bonds is 11. The van der Waals surface area contributed by atoms with Crippen LogP contribution in [0.1, 0.15) is 12.5 Å². The average Bonchev–Trinajstić information content (AvgIpc) is 3.35. The third-order valence-electron chi connectivity index (χ3n) is 5.25. The van der Waals surface area contributed by atoms with Crippen LogP contribution in [0.4, 0.5) is 0 Å². The highest BCUT2D eigenvalue weighted by Crippen LogP contribution is 2.32. The van der Waals surface area contributed by atoms with Crippen molar-refractivity contribution in [2.45, 2.75) is 18.6 Å². The normalized spacial score (nSPS) is 10.9. The van der Waals surface area contributed by atoms with Crippen molar-refractivity contribution in [3.8, 4) is 34.4 Å². The fourth-order valence-electron chi connectivity index (χ4n) is 3.49. The van der Waals surface area contributed by atoms with E-state index in [1.54, 1.807) is 20.4 Å². The van der Waals surface area contributed by atoms with E-state index in [1.807, 2.05) is 84.3 Å². The highest BCUT2D eigenvalue weighted by Gasteiger charge is 2.16. The van der Waals surface area contributed by atoms with Crippen LogP contribution >= 0.6 is 11.8 Å². The predicted octanol–water partition coefficient (Wildman–Crippen LogP) is 5.02. The van der Waals surface area contributed by atoms with Crippen molar-refractivity contribution in [3.05, 3.63) is 78.4 Å². The van der Waals surface area contributed by atoms with Crippen LogP contribution in [0.3, 0.4) is 0 Å². The molecule has 37 heavy (non-hydrogen) atoms. The van der Waals surface area contributed by atoms with Crippen molar-refractivity contribution < 1.29 is 19.0 Å². The second-order valence-electron chi connectivity index (χ2n) is 7.69. The number of methoxy groups -OCH3 is 2. The van der Waals surface area contributed by atoms with Gasteiger partial charge in [-0.25, -0.2) is 5.43 Å². The van der Waals surface area contributed by atoms with Crippen molar-refractivity contribution in [2.75, 3.05) is 20.0 Å². The second kappa shape index (κ2) is 12.6. The van der Waals surface area contributed by atoms with E-state index in [2.05, 4.69) is 20.7 Å². The number of nitrogens with zero attached hydrogens (tertiary/aromatic N) is 4. The summed E-state index contributed by atoms with van der Waals surface area (Å²) in [5.74, 6) is 3.24. The molecule has 0 aliphatic carbocycles. The molecule has 190 valence electrons. The Morgan fingerprint density at radius 3 is 2.51 bits per heavy atom. The molecule has 0 spiro atoms. The largest absolute Gasteiger partial charge is 0.493 e. The molecule has 0 aliphatic heterocycles. The van der Waals surface area contributed by atoms with E-state index in [9.17, 15) is 4.79 Å². The van der Waals surface area contributed by atoms with E-state index in [1.165, 1.54) is 11.8 Å². The van der Waals surface area contributed by atoms with Crippen molar-refractivity contribution in [1.29, 1.82) is 0 Å². The quantitative estimate of drug-likeness (QED) is 0.169. The van der Waals surface area contributed by atoms with Gasteiger partial charge in [0.15, 0.2) is 22.5 Å². The predicted molar refractivity (Wildman–Crippen MR) is 144 cm³/mol. The number of nitrogens with one attached hydrogen (secondary N) is 1. The van der Waals surface area contributed by atoms with Crippen LogP contribution in [0.5, 0.6) is 23.0 Å². The molecule has 0 atom stereocenters. The summed E-state index contributed by atoms with van der Waals surface area (Å²) in [4.78, 5) is 12.4. The Labute approximate surface area is 219 Å². The molecule has 4 rings (SSSR count). The molecule has 4 aromatic rings. The minimum atomic E-state index is -0.253. The Hall–Kier alpha value is -4.31. The van der Waals surface area contributed by atoms with Crippen LogP contribution in [0, 0.1) is 0 Å². The van der Waals surface area contributed by atoms with Crippen LogP contribution in [-0.4, -0.2) is 46.9 Å². The number of carbonyl (C=O) groups is 1. The maximum absolute atomic E-state index is 12.4. The smallest absolute Gasteiger partial charge is 0.250 e. The van der Waals surface area contributed by atoms with Crippen LogP contribution in [0.2, 0.25) is 0 Å². The number of hydrogen-bond donors (Lipinski definition) is 1. The van der Waals surface area contributed by atoms with Gasteiger partial charge in [-0.15, -0.1) is 10.2 Å². The number of amides is 1. The fourth-order valence-corrected chi connectivity index (χ4v) is 4.29. The zero-order chi connectivity index (χ0) is 26.0. The van der Waals surface area contributed by atoms with E-state index < -0.39 is 0 Å². The summed E-state index contributed by atoms with van der Waals surface area (Å²) in [6.45, 7) is 2.64. The van der Waals surface area contributed by atoms with Gasteiger partial charge >= 0.3 is 0 Å². The molecule has 3 aromatic carbocycles. The topological polar surface area (TPSA) is 99.9 Å². The van der Waals surface area contributed by atoms with Gasteiger partial charge in [0.25, 0.3) is 5.91 Å². The van der Waals surface area contributed by atoms with Gasteiger partial charge in [-0.3, -0.25) is 4.79 Å². The first kappa shape index (κ1) is 25.8. The van der Waals surface area contributed by atoms with Crippen LogP contribution in [0.25, 0.3) is 11.4 Å². The van der Waals surface area contributed by atoms with Gasteiger partial charge in [-0.2, -0.15) is 5.10 Å². The average molecular weight is 518 g/mol. The molecule has 0 fully saturated rings. The van der Waals surface area contributed by atoms with E-state index >= 15 is 0 Å². The molecule has 0 saturated carbocycles. The molecule has 1 heterocycles. The fraction of sp³-hybridized carbons (Fsp3) is 0.185. The van der Waals surface area contributed by atoms with E-state index in [-0.39, 0.29) is 11.7 Å². The van der Waals surface area contributed by atoms with Crippen LogP contribution < -0.4 is 19.6 Å². The Morgan fingerprint density at radius 1 is 0.973 bits per heavy atom. The van der Waals surface area contributed by atoms with Crippen LogP contribution in [-0.2, 0) is 11.3 Å². The molecule has 0 unspecified atom stereocenters. The summed E-state index contributed by atoms with van der Waals surface area (Å²) in [6, 6.07) is 22.5. The monoisotopic (exact) mass is 517 g/mol. The number of thioether (sulfide) groups is 1. The molecular weight excluding hydrogens is 490 g/mol. The summed E-state index contributed by atoms with van der Waals surface area (Å²) in [6.07, 6.45) is 1.57. The molecule has 0 bridgehead atoms. The summed E-state index contributed by atoms with van der Waals surface area (Å²) in [7, 11) is 3.18. The van der Waals surface area contributed by atoms with Gasteiger partial charge in [0.1, 0.15) is 11.5 Å². The molecule has 1 amide bonds. The number of aromatic nitrogens is 3. The Bertz CT molecular complexity index is 1370. The van der Waals surface area contributed by atoms with Gasteiger partial charge in [-0.1, -0.05) is 42.1 Å². The Balaban J connectivity index is 1.34. The standard InChI is InChI=1S/C27H27N5O4S/c1-4-32-26(20-13-14-23(34-2)24(16-20)35-3)30-31-27(32)37-18-25(33)29-28-17-19-9-8-12-22(15-19)36-21-10-6-5-7-11-21/h5-17H,4,18H2,1-3H3,(H,29,33)/b28-17-. The number of carbonyl (C=O) groups excluding carboxylic acids is 1. The first-order chi connectivity index (χ1) is 18.1. The third kappa shape index (κ3) is 6.68. The first-order valence-electron chi connectivity index (χ1n) is 11.5.